The van der Waals surface area contributed by atoms with Crippen molar-refractivity contribution in [2.45, 2.75) is 50.9 Å². The van der Waals surface area contributed by atoms with Crippen molar-refractivity contribution in [1.29, 1.82) is 0 Å². The second-order valence-electron chi connectivity index (χ2n) is 12.7. The summed E-state index contributed by atoms with van der Waals surface area (Å²) in [7, 11) is 0. The molecule has 1 aromatic heterocycles. The lowest BCUT2D eigenvalue weighted by molar-refractivity contribution is -0.136. The molecule has 3 heterocycles. The summed E-state index contributed by atoms with van der Waals surface area (Å²) < 4.78 is 58.8. The predicted octanol–water partition coefficient (Wildman–Crippen LogP) is 8.25. The second kappa shape index (κ2) is 13.0. The molecule has 0 aliphatic carbocycles. The number of pyridine rings is 1. The van der Waals surface area contributed by atoms with Crippen LogP contribution in [-0.2, 0) is 22.9 Å². The van der Waals surface area contributed by atoms with Gasteiger partial charge in [0.15, 0.2) is 11.5 Å². The number of ether oxygens (including phenoxy) is 3. The standard InChI is InChI=1S/C39H34F3N3O5/c1-24(8-7-19-45-36(46)38(2,44-37(45)47)28-15-18-32-33(21-28)49-23-48-32)50-29-16-13-26(14-17-29)34-27(20-25-9-4-3-5-10-25)22-43-35-30(34)11-6-12-31(35)39(40,41)42/h3-6,9-18,21-22,24H,7-8,19-20,23H2,1-2H3,(H,44,47). The van der Waals surface area contributed by atoms with Gasteiger partial charge in [0.25, 0.3) is 5.91 Å². The minimum atomic E-state index is -4.54. The first-order valence-corrected chi connectivity index (χ1v) is 16.3. The molecular weight excluding hydrogens is 647 g/mol. The third kappa shape index (κ3) is 6.31. The number of nitrogens with zero attached hydrogens (tertiary/aromatic N) is 2. The molecule has 1 fully saturated rings. The van der Waals surface area contributed by atoms with E-state index in [2.05, 4.69) is 10.3 Å². The molecule has 0 spiro atoms. The molecule has 0 radical (unpaired) electrons. The Labute approximate surface area is 286 Å². The van der Waals surface area contributed by atoms with Crippen LogP contribution in [-0.4, -0.2) is 41.3 Å². The maximum Gasteiger partial charge on any atom is 0.418 e. The first-order valence-electron chi connectivity index (χ1n) is 16.3. The number of carbonyl (C=O) groups excluding carboxylic acids is 2. The molecule has 0 saturated carbocycles. The van der Waals surface area contributed by atoms with Gasteiger partial charge in [0.2, 0.25) is 6.79 Å². The Morgan fingerprint density at radius 1 is 0.960 bits per heavy atom. The minimum Gasteiger partial charge on any atom is -0.491 e. The van der Waals surface area contributed by atoms with E-state index in [9.17, 15) is 22.8 Å². The molecule has 5 aromatic rings. The summed E-state index contributed by atoms with van der Waals surface area (Å²) >= 11 is 0. The number of fused-ring (bicyclic) bond motifs is 2. The van der Waals surface area contributed by atoms with Crippen LogP contribution in [0, 0.1) is 0 Å². The maximum atomic E-state index is 13.9. The van der Waals surface area contributed by atoms with Crippen molar-refractivity contribution in [3.8, 4) is 28.4 Å². The fourth-order valence-electron chi connectivity index (χ4n) is 6.62. The molecule has 7 rings (SSSR count). The number of alkyl halides is 3. The summed E-state index contributed by atoms with van der Waals surface area (Å²) in [5.74, 6) is 1.36. The Morgan fingerprint density at radius 2 is 1.72 bits per heavy atom. The Hall–Kier alpha value is -5.58. The number of carbonyl (C=O) groups is 2. The summed E-state index contributed by atoms with van der Waals surface area (Å²) in [6, 6.07) is 25.9. The Bertz CT molecular complexity index is 2070. The van der Waals surface area contributed by atoms with E-state index in [1.54, 1.807) is 43.3 Å². The number of benzene rings is 4. The molecule has 1 N–H and O–H groups in total. The molecule has 256 valence electrons. The van der Waals surface area contributed by atoms with Crippen molar-refractivity contribution in [1.82, 2.24) is 15.2 Å². The van der Waals surface area contributed by atoms with Crippen LogP contribution in [0.1, 0.15) is 48.9 Å². The van der Waals surface area contributed by atoms with Gasteiger partial charge < -0.3 is 19.5 Å². The van der Waals surface area contributed by atoms with E-state index in [1.807, 2.05) is 49.4 Å². The van der Waals surface area contributed by atoms with Crippen LogP contribution < -0.4 is 19.5 Å². The highest BCUT2D eigenvalue weighted by molar-refractivity contribution is 6.07. The third-order valence-electron chi connectivity index (χ3n) is 9.22. The lowest BCUT2D eigenvalue weighted by atomic mass is 9.91. The van der Waals surface area contributed by atoms with Crippen molar-refractivity contribution in [3.05, 3.63) is 119 Å². The van der Waals surface area contributed by atoms with Crippen LogP contribution in [0.25, 0.3) is 22.0 Å². The van der Waals surface area contributed by atoms with Gasteiger partial charge in [-0.3, -0.25) is 14.7 Å². The van der Waals surface area contributed by atoms with Gasteiger partial charge >= 0.3 is 12.2 Å². The minimum absolute atomic E-state index is 0.0952. The van der Waals surface area contributed by atoms with E-state index < -0.39 is 23.3 Å². The van der Waals surface area contributed by atoms with E-state index in [0.717, 1.165) is 22.8 Å². The van der Waals surface area contributed by atoms with Crippen molar-refractivity contribution in [2.75, 3.05) is 13.3 Å². The van der Waals surface area contributed by atoms with Crippen LogP contribution in [0.4, 0.5) is 18.0 Å². The third-order valence-corrected chi connectivity index (χ3v) is 9.22. The van der Waals surface area contributed by atoms with Gasteiger partial charge in [-0.2, -0.15) is 13.2 Å². The zero-order chi connectivity index (χ0) is 35.0. The predicted molar refractivity (Wildman–Crippen MR) is 181 cm³/mol. The molecule has 0 bridgehead atoms. The molecule has 2 unspecified atom stereocenters. The number of aromatic nitrogens is 1. The summed E-state index contributed by atoms with van der Waals surface area (Å²) in [6.45, 7) is 3.91. The monoisotopic (exact) mass is 681 g/mol. The number of urea groups is 1. The van der Waals surface area contributed by atoms with Crippen LogP contribution in [0.15, 0.2) is 97.2 Å². The highest BCUT2D eigenvalue weighted by Crippen LogP contribution is 2.40. The summed E-state index contributed by atoms with van der Waals surface area (Å²) in [6.07, 6.45) is -1.67. The van der Waals surface area contributed by atoms with Gasteiger partial charge in [0.05, 0.1) is 17.2 Å². The Kier molecular flexibility index (Phi) is 8.59. The first-order chi connectivity index (χ1) is 24.0. The summed E-state index contributed by atoms with van der Waals surface area (Å²) in [5.41, 5.74) is 1.76. The normalized spacial score (nSPS) is 17.7. The van der Waals surface area contributed by atoms with Crippen molar-refractivity contribution >= 4 is 22.8 Å². The molecule has 2 atom stereocenters. The lowest BCUT2D eigenvalue weighted by Gasteiger charge is -2.22. The number of hydrogen-bond acceptors (Lipinski definition) is 6. The average molecular weight is 682 g/mol. The molecule has 3 amide bonds. The van der Waals surface area contributed by atoms with Crippen molar-refractivity contribution in [2.24, 2.45) is 0 Å². The van der Waals surface area contributed by atoms with Gasteiger partial charge in [-0.1, -0.05) is 60.7 Å². The van der Waals surface area contributed by atoms with Crippen LogP contribution >= 0.6 is 0 Å². The molecule has 8 nitrogen and oxygen atoms in total. The SMILES string of the molecule is CC(CCCN1C(=O)NC(C)(c2ccc3c(c2)OCO3)C1=O)Oc1ccc(-c2c(Cc3ccccc3)cnc3c(C(F)(F)F)cccc23)cc1. The zero-order valence-corrected chi connectivity index (χ0v) is 27.4. The summed E-state index contributed by atoms with van der Waals surface area (Å²) in [5, 5.41) is 3.24. The summed E-state index contributed by atoms with van der Waals surface area (Å²) in [4.78, 5) is 31.8. The van der Waals surface area contributed by atoms with Gasteiger partial charge in [0.1, 0.15) is 11.3 Å². The highest BCUT2D eigenvalue weighted by atomic mass is 19.4. The maximum absolute atomic E-state index is 13.9. The van der Waals surface area contributed by atoms with Gasteiger partial charge in [0, 0.05) is 18.1 Å². The van der Waals surface area contributed by atoms with E-state index in [0.29, 0.717) is 53.0 Å². The van der Waals surface area contributed by atoms with Crippen LogP contribution in [0.5, 0.6) is 17.2 Å². The van der Waals surface area contributed by atoms with Gasteiger partial charge in [-0.25, -0.2) is 4.79 Å². The highest BCUT2D eigenvalue weighted by Gasteiger charge is 2.49. The quantitative estimate of drug-likeness (QED) is 0.149. The number of imide groups is 1. The molecule has 11 heteroatoms. The molecule has 4 aromatic carbocycles. The van der Waals surface area contributed by atoms with Crippen LogP contribution in [0.2, 0.25) is 0 Å². The number of amides is 3. The van der Waals surface area contributed by atoms with Crippen molar-refractivity contribution < 1.29 is 37.0 Å². The lowest BCUT2D eigenvalue weighted by Crippen LogP contribution is -2.41. The van der Waals surface area contributed by atoms with Crippen LogP contribution in [0.3, 0.4) is 0 Å². The topological polar surface area (TPSA) is 90.0 Å². The molecule has 50 heavy (non-hydrogen) atoms. The van der Waals surface area contributed by atoms with E-state index >= 15 is 0 Å². The van der Waals surface area contributed by atoms with E-state index in [1.165, 1.54) is 17.2 Å². The smallest absolute Gasteiger partial charge is 0.418 e. The van der Waals surface area contributed by atoms with E-state index in [-0.39, 0.29) is 30.9 Å². The van der Waals surface area contributed by atoms with Gasteiger partial charge in [-0.15, -0.1) is 0 Å². The zero-order valence-electron chi connectivity index (χ0n) is 27.4. The van der Waals surface area contributed by atoms with Gasteiger partial charge in [-0.05, 0) is 91.3 Å². The fraction of sp³-hybridized carbons (Fsp3) is 0.256. The number of halogens is 3. The fourth-order valence-corrected chi connectivity index (χ4v) is 6.62. The van der Waals surface area contributed by atoms with Crippen molar-refractivity contribution in [3.63, 3.8) is 0 Å². The molecule has 2 aliphatic rings. The largest absolute Gasteiger partial charge is 0.491 e. The molecule has 2 aliphatic heterocycles. The average Bonchev–Trinajstić information content (AvgIpc) is 3.66. The first kappa shape index (κ1) is 32.9. The van der Waals surface area contributed by atoms with E-state index in [4.69, 9.17) is 14.2 Å². The number of nitrogens with one attached hydrogen (secondary N) is 1. The molecule has 1 saturated heterocycles. The Morgan fingerprint density at radius 3 is 2.48 bits per heavy atom. The second-order valence-corrected chi connectivity index (χ2v) is 12.7. The number of rotatable bonds is 10. The Balaban J connectivity index is 1.04. The molecular formula is C39H34F3N3O5. The number of hydrogen-bond donors (Lipinski definition) is 1. The number of para-hydroxylation sites is 1.